The van der Waals surface area contributed by atoms with E-state index in [-0.39, 0.29) is 10.6 Å². The number of nitrogens with one attached hydrogen (secondary N) is 1. The Morgan fingerprint density at radius 1 is 1.33 bits per heavy atom. The van der Waals surface area contributed by atoms with Crippen LogP contribution in [-0.4, -0.2) is 11.0 Å². The van der Waals surface area contributed by atoms with Crippen LogP contribution in [0.2, 0.25) is 0 Å². The lowest BCUT2D eigenvalue weighted by atomic mass is 9.74. The largest absolute Gasteiger partial charge is 0.376 e. The van der Waals surface area contributed by atoms with E-state index in [0.29, 0.717) is 29.5 Å². The molecule has 21 heavy (non-hydrogen) atoms. The van der Waals surface area contributed by atoms with Crippen LogP contribution in [0.1, 0.15) is 45.6 Å². The SMILES string of the molecule is Cc1ccc(NC2CC(C)CCC2C(C)C)c([N+](=O)[O-])c1. The third-order valence-electron chi connectivity index (χ3n) is 4.71. The number of aryl methyl sites for hydroxylation is 1. The molecule has 0 saturated heterocycles. The standard InChI is InChI=1S/C17H26N2O2/c1-11(2)14-7-5-12(3)9-16(14)18-15-8-6-13(4)10-17(15)19(20)21/h6,8,10-12,14,16,18H,5,7,9H2,1-4H3. The quantitative estimate of drug-likeness (QED) is 0.641. The monoisotopic (exact) mass is 290 g/mol. The molecule has 1 N–H and O–H groups in total. The van der Waals surface area contributed by atoms with E-state index in [9.17, 15) is 10.1 Å². The number of rotatable bonds is 4. The van der Waals surface area contributed by atoms with Crippen molar-refractivity contribution in [1.29, 1.82) is 0 Å². The average molecular weight is 290 g/mol. The molecule has 3 atom stereocenters. The molecule has 1 saturated carbocycles. The van der Waals surface area contributed by atoms with Gasteiger partial charge >= 0.3 is 0 Å². The number of hydrogen-bond donors (Lipinski definition) is 1. The van der Waals surface area contributed by atoms with E-state index in [1.807, 2.05) is 19.1 Å². The summed E-state index contributed by atoms with van der Waals surface area (Å²) in [6.45, 7) is 8.66. The van der Waals surface area contributed by atoms with Crippen LogP contribution in [0.15, 0.2) is 18.2 Å². The first-order valence-electron chi connectivity index (χ1n) is 7.90. The molecule has 0 aromatic heterocycles. The van der Waals surface area contributed by atoms with Crippen molar-refractivity contribution in [1.82, 2.24) is 0 Å². The lowest BCUT2D eigenvalue weighted by Crippen LogP contribution is -2.38. The Balaban J connectivity index is 2.24. The summed E-state index contributed by atoms with van der Waals surface area (Å²) >= 11 is 0. The molecule has 1 aromatic rings. The molecule has 0 amide bonds. The fourth-order valence-corrected chi connectivity index (χ4v) is 3.48. The normalized spacial score (nSPS) is 25.9. The van der Waals surface area contributed by atoms with Crippen molar-refractivity contribution >= 4 is 11.4 Å². The molecule has 0 spiro atoms. The predicted molar refractivity (Wildman–Crippen MR) is 86.6 cm³/mol. The van der Waals surface area contributed by atoms with Crippen LogP contribution >= 0.6 is 0 Å². The Morgan fingerprint density at radius 2 is 2.05 bits per heavy atom. The third-order valence-corrected chi connectivity index (χ3v) is 4.71. The molecule has 0 bridgehead atoms. The number of benzene rings is 1. The van der Waals surface area contributed by atoms with Gasteiger partial charge in [-0.1, -0.05) is 33.3 Å². The van der Waals surface area contributed by atoms with Crippen molar-refractivity contribution in [2.75, 3.05) is 5.32 Å². The number of hydrogen-bond acceptors (Lipinski definition) is 3. The number of nitrogens with zero attached hydrogens (tertiary/aromatic N) is 1. The maximum absolute atomic E-state index is 11.3. The van der Waals surface area contributed by atoms with Crippen molar-refractivity contribution < 1.29 is 4.92 Å². The van der Waals surface area contributed by atoms with Gasteiger partial charge in [-0.3, -0.25) is 10.1 Å². The summed E-state index contributed by atoms with van der Waals surface area (Å²) < 4.78 is 0. The topological polar surface area (TPSA) is 55.2 Å². The van der Waals surface area contributed by atoms with Crippen molar-refractivity contribution in [3.8, 4) is 0 Å². The van der Waals surface area contributed by atoms with Gasteiger partial charge in [-0.05, 0) is 49.1 Å². The van der Waals surface area contributed by atoms with Gasteiger partial charge in [-0.25, -0.2) is 0 Å². The third kappa shape index (κ3) is 3.74. The zero-order valence-corrected chi connectivity index (χ0v) is 13.4. The maximum Gasteiger partial charge on any atom is 0.292 e. The molecule has 1 fully saturated rings. The molecule has 1 aliphatic carbocycles. The van der Waals surface area contributed by atoms with Gasteiger partial charge in [0.05, 0.1) is 4.92 Å². The minimum atomic E-state index is -0.286. The van der Waals surface area contributed by atoms with Gasteiger partial charge in [0.1, 0.15) is 5.69 Å². The fourth-order valence-electron chi connectivity index (χ4n) is 3.48. The van der Waals surface area contributed by atoms with Gasteiger partial charge < -0.3 is 5.32 Å². The van der Waals surface area contributed by atoms with Gasteiger partial charge in [0.25, 0.3) is 5.69 Å². The lowest BCUT2D eigenvalue weighted by molar-refractivity contribution is -0.384. The van der Waals surface area contributed by atoms with Crippen molar-refractivity contribution in [2.24, 2.45) is 17.8 Å². The fraction of sp³-hybridized carbons (Fsp3) is 0.647. The molecule has 4 nitrogen and oxygen atoms in total. The van der Waals surface area contributed by atoms with E-state index in [1.165, 1.54) is 12.8 Å². The summed E-state index contributed by atoms with van der Waals surface area (Å²) in [5.41, 5.74) is 1.77. The molecule has 2 rings (SSSR count). The molecule has 0 aliphatic heterocycles. The Morgan fingerprint density at radius 3 is 2.67 bits per heavy atom. The van der Waals surface area contributed by atoms with E-state index in [0.717, 1.165) is 12.0 Å². The van der Waals surface area contributed by atoms with Gasteiger partial charge in [0.15, 0.2) is 0 Å². The molecular weight excluding hydrogens is 264 g/mol. The summed E-state index contributed by atoms with van der Waals surface area (Å²) in [6.07, 6.45) is 3.56. The van der Waals surface area contributed by atoms with Gasteiger partial charge in [0, 0.05) is 12.1 Å². The first kappa shape index (κ1) is 15.8. The van der Waals surface area contributed by atoms with Crippen LogP contribution in [-0.2, 0) is 0 Å². The van der Waals surface area contributed by atoms with Gasteiger partial charge in [0.2, 0.25) is 0 Å². The second-order valence-corrected chi connectivity index (χ2v) is 6.85. The number of anilines is 1. The Bertz CT molecular complexity index is 514. The lowest BCUT2D eigenvalue weighted by Gasteiger charge is -2.38. The number of nitro groups is 1. The molecule has 1 aromatic carbocycles. The Labute approximate surface area is 127 Å². The van der Waals surface area contributed by atoms with E-state index >= 15 is 0 Å². The van der Waals surface area contributed by atoms with Crippen LogP contribution in [0.25, 0.3) is 0 Å². The van der Waals surface area contributed by atoms with E-state index in [2.05, 4.69) is 26.1 Å². The van der Waals surface area contributed by atoms with Crippen LogP contribution in [0.3, 0.4) is 0 Å². The zero-order valence-electron chi connectivity index (χ0n) is 13.4. The molecule has 0 radical (unpaired) electrons. The molecule has 1 aliphatic rings. The minimum Gasteiger partial charge on any atom is -0.376 e. The summed E-state index contributed by atoms with van der Waals surface area (Å²) in [6, 6.07) is 5.77. The zero-order chi connectivity index (χ0) is 15.6. The highest BCUT2D eigenvalue weighted by molar-refractivity contribution is 5.63. The highest BCUT2D eigenvalue weighted by atomic mass is 16.6. The Kier molecular flexibility index (Phi) is 4.86. The summed E-state index contributed by atoms with van der Waals surface area (Å²) in [4.78, 5) is 11.0. The predicted octanol–water partition coefficient (Wildman–Crippen LogP) is 4.78. The number of nitro benzene ring substituents is 1. The van der Waals surface area contributed by atoms with Crippen molar-refractivity contribution in [3.05, 3.63) is 33.9 Å². The highest BCUT2D eigenvalue weighted by Gasteiger charge is 2.31. The average Bonchev–Trinajstić information content (AvgIpc) is 2.40. The highest BCUT2D eigenvalue weighted by Crippen LogP contribution is 2.37. The summed E-state index contributed by atoms with van der Waals surface area (Å²) in [7, 11) is 0. The summed E-state index contributed by atoms with van der Waals surface area (Å²) in [5, 5.41) is 14.7. The maximum atomic E-state index is 11.3. The molecule has 116 valence electrons. The smallest absolute Gasteiger partial charge is 0.292 e. The molecular formula is C17H26N2O2. The van der Waals surface area contributed by atoms with E-state index in [4.69, 9.17) is 0 Å². The molecule has 4 heteroatoms. The van der Waals surface area contributed by atoms with Crippen LogP contribution in [0.4, 0.5) is 11.4 Å². The second kappa shape index (κ2) is 6.46. The van der Waals surface area contributed by atoms with Crippen LogP contribution in [0.5, 0.6) is 0 Å². The first-order valence-corrected chi connectivity index (χ1v) is 7.90. The minimum absolute atomic E-state index is 0.190. The van der Waals surface area contributed by atoms with Gasteiger partial charge in [-0.2, -0.15) is 0 Å². The Hall–Kier alpha value is -1.58. The van der Waals surface area contributed by atoms with Crippen LogP contribution in [0, 0.1) is 34.8 Å². The summed E-state index contributed by atoms with van der Waals surface area (Å²) in [5.74, 6) is 1.86. The van der Waals surface area contributed by atoms with E-state index in [1.54, 1.807) is 6.07 Å². The molecule has 0 heterocycles. The van der Waals surface area contributed by atoms with E-state index < -0.39 is 0 Å². The van der Waals surface area contributed by atoms with Crippen molar-refractivity contribution in [3.63, 3.8) is 0 Å². The van der Waals surface area contributed by atoms with Gasteiger partial charge in [-0.15, -0.1) is 0 Å². The van der Waals surface area contributed by atoms with Crippen molar-refractivity contribution in [2.45, 2.75) is 53.0 Å². The first-order chi connectivity index (χ1) is 9.88. The molecule has 3 unspecified atom stereocenters. The second-order valence-electron chi connectivity index (χ2n) is 6.85. The van der Waals surface area contributed by atoms with Crippen LogP contribution < -0.4 is 5.32 Å².